The quantitative estimate of drug-likeness (QED) is 0.302. The van der Waals surface area contributed by atoms with Crippen molar-refractivity contribution in [3.8, 4) is 11.1 Å². The predicted molar refractivity (Wildman–Crippen MR) is 175 cm³/mol. The van der Waals surface area contributed by atoms with Gasteiger partial charge >= 0.3 is 6.09 Å². The van der Waals surface area contributed by atoms with Crippen LogP contribution in [0.4, 0.5) is 4.79 Å². The van der Waals surface area contributed by atoms with Gasteiger partial charge in [0.05, 0.1) is 12.1 Å². The lowest BCUT2D eigenvalue weighted by Gasteiger charge is -2.31. The number of ether oxygens (including phenoxy) is 1. The van der Waals surface area contributed by atoms with Gasteiger partial charge in [0.25, 0.3) is 0 Å². The summed E-state index contributed by atoms with van der Waals surface area (Å²) in [5.74, 6) is -1.29. The number of hydrogen-bond donors (Lipinski definition) is 3. The molecule has 3 aromatic carbocycles. The third-order valence-corrected chi connectivity index (χ3v) is 8.86. The number of rotatable bonds is 10. The Hall–Kier alpha value is -4.50. The van der Waals surface area contributed by atoms with Crippen LogP contribution in [0.15, 0.2) is 78.9 Å². The van der Waals surface area contributed by atoms with Crippen LogP contribution >= 0.6 is 0 Å². The van der Waals surface area contributed by atoms with Crippen molar-refractivity contribution in [2.45, 2.75) is 77.1 Å². The van der Waals surface area contributed by atoms with Crippen LogP contribution in [0.25, 0.3) is 11.1 Å². The molecule has 1 fully saturated rings. The number of alkyl carbamates (subject to hydrolysis) is 1. The van der Waals surface area contributed by atoms with E-state index in [-0.39, 0.29) is 24.9 Å². The molecule has 9 heteroatoms. The molecule has 0 bridgehead atoms. The van der Waals surface area contributed by atoms with Gasteiger partial charge in [0.2, 0.25) is 11.8 Å². The van der Waals surface area contributed by atoms with E-state index in [4.69, 9.17) is 4.74 Å². The van der Waals surface area contributed by atoms with Crippen LogP contribution < -0.4 is 10.6 Å². The molecule has 1 aliphatic carbocycles. The number of carbonyl (C=O) groups is 4. The molecule has 0 radical (unpaired) electrons. The minimum atomic E-state index is -1.32. The van der Waals surface area contributed by atoms with Crippen LogP contribution in [0.5, 0.6) is 0 Å². The maximum absolute atomic E-state index is 13.7. The monoisotopic (exact) mass is 625 g/mol. The summed E-state index contributed by atoms with van der Waals surface area (Å²) in [6.45, 7) is 7.19. The van der Waals surface area contributed by atoms with Crippen molar-refractivity contribution >= 4 is 23.7 Å². The van der Waals surface area contributed by atoms with Crippen molar-refractivity contribution in [3.05, 3.63) is 95.6 Å². The Morgan fingerprint density at radius 3 is 2.07 bits per heavy atom. The highest BCUT2D eigenvalue weighted by molar-refractivity contribution is 5.96. The number of ketones is 1. The summed E-state index contributed by atoms with van der Waals surface area (Å²) in [6.07, 6.45) is -0.789. The lowest BCUT2D eigenvalue weighted by molar-refractivity contribution is -0.142. The van der Waals surface area contributed by atoms with Gasteiger partial charge in [0.15, 0.2) is 5.78 Å². The van der Waals surface area contributed by atoms with Crippen molar-refractivity contribution in [3.63, 3.8) is 0 Å². The number of amides is 3. The molecule has 4 atom stereocenters. The second-order valence-electron chi connectivity index (χ2n) is 13.2. The third-order valence-electron chi connectivity index (χ3n) is 8.86. The third kappa shape index (κ3) is 7.15. The highest BCUT2D eigenvalue weighted by Gasteiger charge is 2.41. The van der Waals surface area contributed by atoms with E-state index in [1.807, 2.05) is 99.6 Å². The molecule has 3 N–H and O–H groups in total. The topological polar surface area (TPSA) is 125 Å². The molecule has 2 aliphatic rings. The molecule has 1 heterocycles. The van der Waals surface area contributed by atoms with Gasteiger partial charge in [-0.1, -0.05) is 99.6 Å². The number of carbonyl (C=O) groups excluding carboxylic acids is 4. The molecule has 1 aliphatic heterocycles. The molecular formula is C37H43N3O6. The molecule has 3 amide bonds. The minimum absolute atomic E-state index is 0.0555. The Morgan fingerprint density at radius 2 is 1.48 bits per heavy atom. The number of benzene rings is 3. The molecular weight excluding hydrogens is 582 g/mol. The first-order valence-corrected chi connectivity index (χ1v) is 15.9. The fourth-order valence-corrected chi connectivity index (χ4v) is 6.49. The summed E-state index contributed by atoms with van der Waals surface area (Å²) in [7, 11) is 0. The van der Waals surface area contributed by atoms with E-state index in [1.54, 1.807) is 0 Å². The molecule has 9 nitrogen and oxygen atoms in total. The van der Waals surface area contributed by atoms with E-state index < -0.39 is 47.6 Å². The molecule has 46 heavy (non-hydrogen) atoms. The second-order valence-corrected chi connectivity index (χ2v) is 13.2. The Labute approximate surface area is 270 Å². The summed E-state index contributed by atoms with van der Waals surface area (Å²) >= 11 is 0. The van der Waals surface area contributed by atoms with E-state index in [0.717, 1.165) is 27.8 Å². The van der Waals surface area contributed by atoms with Crippen LogP contribution in [-0.4, -0.2) is 71.1 Å². The number of nitrogens with one attached hydrogen (secondary N) is 2. The predicted octanol–water partition coefficient (Wildman–Crippen LogP) is 4.61. The highest BCUT2D eigenvalue weighted by atomic mass is 16.5. The zero-order valence-corrected chi connectivity index (χ0v) is 26.9. The van der Waals surface area contributed by atoms with E-state index in [9.17, 15) is 24.3 Å². The van der Waals surface area contributed by atoms with Crippen molar-refractivity contribution in [1.82, 2.24) is 15.5 Å². The Morgan fingerprint density at radius 1 is 0.891 bits per heavy atom. The second kappa shape index (κ2) is 13.9. The van der Waals surface area contributed by atoms with Gasteiger partial charge in [-0.25, -0.2) is 4.79 Å². The summed E-state index contributed by atoms with van der Waals surface area (Å²) in [5.41, 5.74) is 4.52. The van der Waals surface area contributed by atoms with Gasteiger partial charge < -0.3 is 25.4 Å². The van der Waals surface area contributed by atoms with Crippen LogP contribution in [0.2, 0.25) is 0 Å². The van der Waals surface area contributed by atoms with Gasteiger partial charge in [-0.15, -0.1) is 0 Å². The summed E-state index contributed by atoms with van der Waals surface area (Å²) < 4.78 is 5.63. The SMILES string of the molecule is C[C@@H](O)[C@H](NC(=O)OCC1c2ccccc2-c2ccccc21)C(=O)N1CCC[C@H]1C(=O)N[C@@H](Cc1ccccc1)C(=O)C(C)(C)C. The van der Waals surface area contributed by atoms with E-state index in [0.29, 0.717) is 19.3 Å². The standard InChI is InChI=1S/C37H43N3O6/c1-23(41)32(39-36(45)46-22-29-27-17-10-8-15-25(27)26-16-9-11-18-28(26)29)35(44)40-20-12-19-31(40)34(43)38-30(33(42)37(2,3)4)21-24-13-6-5-7-14-24/h5-11,13-18,23,29-32,41H,12,19-22H2,1-4H3,(H,38,43)(H,39,45)/t23-,30+,31+,32+/m1/s1. The summed E-state index contributed by atoms with van der Waals surface area (Å²) in [4.78, 5) is 55.1. The lowest BCUT2D eigenvalue weighted by Crippen LogP contribution is -2.58. The average Bonchev–Trinajstić information content (AvgIpc) is 3.65. The number of hydrogen-bond acceptors (Lipinski definition) is 6. The Kier molecular flexibility index (Phi) is 9.91. The molecule has 0 aromatic heterocycles. The van der Waals surface area contributed by atoms with Crippen LogP contribution in [0, 0.1) is 5.41 Å². The van der Waals surface area contributed by atoms with Gasteiger partial charge in [-0.3, -0.25) is 14.4 Å². The minimum Gasteiger partial charge on any atom is -0.449 e. The zero-order chi connectivity index (χ0) is 33.0. The van der Waals surface area contributed by atoms with Crippen molar-refractivity contribution in [2.24, 2.45) is 5.41 Å². The van der Waals surface area contributed by atoms with Crippen molar-refractivity contribution < 1.29 is 29.0 Å². The normalized spacial score (nSPS) is 17.8. The highest BCUT2D eigenvalue weighted by Crippen LogP contribution is 2.44. The van der Waals surface area contributed by atoms with Crippen LogP contribution in [0.1, 0.15) is 63.1 Å². The maximum atomic E-state index is 13.7. The van der Waals surface area contributed by atoms with Crippen molar-refractivity contribution in [2.75, 3.05) is 13.2 Å². The summed E-state index contributed by atoms with van der Waals surface area (Å²) in [6, 6.07) is 22.5. The van der Waals surface area contributed by atoms with E-state index in [1.165, 1.54) is 11.8 Å². The number of aliphatic hydroxyl groups excluding tert-OH is 1. The van der Waals surface area contributed by atoms with Crippen LogP contribution in [-0.2, 0) is 25.5 Å². The molecule has 1 saturated heterocycles. The smallest absolute Gasteiger partial charge is 0.407 e. The number of fused-ring (bicyclic) bond motifs is 3. The maximum Gasteiger partial charge on any atom is 0.407 e. The first-order chi connectivity index (χ1) is 22.0. The lowest BCUT2D eigenvalue weighted by atomic mass is 9.84. The van der Waals surface area contributed by atoms with Gasteiger partial charge in [-0.05, 0) is 54.0 Å². The van der Waals surface area contributed by atoms with Crippen molar-refractivity contribution in [1.29, 1.82) is 0 Å². The largest absolute Gasteiger partial charge is 0.449 e. The molecule has 0 spiro atoms. The fraction of sp³-hybridized carbons (Fsp3) is 0.405. The number of nitrogens with zero attached hydrogens (tertiary/aromatic N) is 1. The van der Waals surface area contributed by atoms with Gasteiger partial charge in [0.1, 0.15) is 18.7 Å². The zero-order valence-electron chi connectivity index (χ0n) is 26.9. The number of Topliss-reactive ketones (excluding diaryl/α,β-unsaturated/α-hetero) is 1. The molecule has 0 saturated carbocycles. The molecule has 3 aromatic rings. The van der Waals surface area contributed by atoms with Gasteiger partial charge in [-0.2, -0.15) is 0 Å². The first-order valence-electron chi connectivity index (χ1n) is 15.9. The number of aliphatic hydroxyl groups is 1. The Bertz CT molecular complexity index is 1540. The summed E-state index contributed by atoms with van der Waals surface area (Å²) in [5, 5.41) is 16.0. The van der Waals surface area contributed by atoms with Gasteiger partial charge in [0, 0.05) is 17.9 Å². The first kappa shape index (κ1) is 32.9. The Balaban J connectivity index is 1.25. The fourth-order valence-electron chi connectivity index (χ4n) is 6.49. The average molecular weight is 626 g/mol. The molecule has 5 rings (SSSR count). The van der Waals surface area contributed by atoms with Crippen LogP contribution in [0.3, 0.4) is 0 Å². The number of likely N-dealkylation sites (tertiary alicyclic amines) is 1. The van der Waals surface area contributed by atoms with E-state index in [2.05, 4.69) is 10.6 Å². The molecule has 242 valence electrons. The molecule has 0 unspecified atom stereocenters. The van der Waals surface area contributed by atoms with E-state index >= 15 is 0 Å².